The van der Waals surface area contributed by atoms with Gasteiger partial charge in [0.2, 0.25) is 0 Å². The number of H-pyrrole nitrogens is 1. The van der Waals surface area contributed by atoms with Crippen LogP contribution in [0, 0.1) is 0 Å². The number of aromatic amines is 1. The second-order valence-corrected chi connectivity index (χ2v) is 6.38. The summed E-state index contributed by atoms with van der Waals surface area (Å²) in [5.41, 5.74) is 3.29. The first kappa shape index (κ1) is 17.1. The number of halogens is 1. The molecule has 134 valence electrons. The largest absolute Gasteiger partial charge is 0.478 e. The van der Waals surface area contributed by atoms with Gasteiger partial charge in [-0.25, -0.2) is 9.78 Å². The maximum Gasteiger partial charge on any atom is 0.337 e. The van der Waals surface area contributed by atoms with Crippen molar-refractivity contribution in [3.05, 3.63) is 77.2 Å². The van der Waals surface area contributed by atoms with E-state index in [4.69, 9.17) is 11.6 Å². The molecule has 0 radical (unpaired) electrons. The van der Waals surface area contributed by atoms with Crippen LogP contribution in [0.25, 0.3) is 22.2 Å². The molecule has 3 aromatic heterocycles. The highest BCUT2D eigenvalue weighted by Crippen LogP contribution is 2.32. The number of benzene rings is 1. The Bertz CT molecular complexity index is 1130. The number of anilines is 1. The minimum Gasteiger partial charge on any atom is -0.478 e. The van der Waals surface area contributed by atoms with Crippen molar-refractivity contribution in [2.75, 3.05) is 5.32 Å². The monoisotopic (exact) mass is 378 g/mol. The molecule has 1 aromatic carbocycles. The lowest BCUT2D eigenvalue weighted by Gasteiger charge is -2.10. The number of carboxylic acid groups (broad SMARTS) is 1. The van der Waals surface area contributed by atoms with E-state index in [1.165, 1.54) is 0 Å². The minimum absolute atomic E-state index is 0.0673. The molecule has 0 unspecified atom stereocenters. The molecule has 0 saturated heterocycles. The normalized spacial score (nSPS) is 10.9. The lowest BCUT2D eigenvalue weighted by atomic mass is 10.0. The Morgan fingerprint density at radius 3 is 2.85 bits per heavy atom. The van der Waals surface area contributed by atoms with E-state index in [1.807, 2.05) is 30.3 Å². The van der Waals surface area contributed by atoms with Gasteiger partial charge in [0, 0.05) is 17.8 Å². The van der Waals surface area contributed by atoms with Crippen LogP contribution < -0.4 is 5.32 Å². The average molecular weight is 379 g/mol. The standard InChI is InChI=1S/C20H15ClN4O2/c21-17-5-4-12(9-16(17)20(26)27)15-10-18(25-19-14(15)6-8-23-19)24-11-13-3-1-2-7-22-13/h1-10H,11H2,(H,26,27)(H2,23,24,25). The number of hydrogen-bond donors (Lipinski definition) is 3. The Morgan fingerprint density at radius 1 is 1.19 bits per heavy atom. The molecule has 0 saturated carbocycles. The van der Waals surface area contributed by atoms with E-state index in [-0.39, 0.29) is 10.6 Å². The van der Waals surface area contributed by atoms with Gasteiger partial charge in [0.25, 0.3) is 0 Å². The second kappa shape index (κ2) is 7.09. The number of pyridine rings is 2. The molecular formula is C20H15ClN4O2. The number of aromatic nitrogens is 3. The van der Waals surface area contributed by atoms with Gasteiger partial charge < -0.3 is 15.4 Å². The van der Waals surface area contributed by atoms with Gasteiger partial charge in [-0.15, -0.1) is 0 Å². The summed E-state index contributed by atoms with van der Waals surface area (Å²) >= 11 is 6.01. The molecule has 27 heavy (non-hydrogen) atoms. The average Bonchev–Trinajstić information content (AvgIpc) is 3.15. The number of rotatable bonds is 5. The van der Waals surface area contributed by atoms with Crippen LogP contribution in [-0.2, 0) is 6.54 Å². The maximum atomic E-state index is 11.4. The molecule has 0 spiro atoms. The topological polar surface area (TPSA) is 90.9 Å². The molecule has 7 heteroatoms. The summed E-state index contributed by atoms with van der Waals surface area (Å²) in [5.74, 6) is -0.396. The van der Waals surface area contributed by atoms with E-state index < -0.39 is 5.97 Å². The van der Waals surface area contributed by atoms with Gasteiger partial charge in [0.15, 0.2) is 0 Å². The van der Waals surface area contributed by atoms with Gasteiger partial charge in [0.05, 0.1) is 22.8 Å². The van der Waals surface area contributed by atoms with Gasteiger partial charge in [0.1, 0.15) is 11.5 Å². The highest BCUT2D eigenvalue weighted by atomic mass is 35.5. The zero-order valence-electron chi connectivity index (χ0n) is 14.1. The number of carbonyl (C=O) groups is 1. The first-order valence-corrected chi connectivity index (χ1v) is 8.65. The van der Waals surface area contributed by atoms with E-state index in [2.05, 4.69) is 20.3 Å². The first-order valence-electron chi connectivity index (χ1n) is 8.27. The number of fused-ring (bicyclic) bond motifs is 1. The van der Waals surface area contributed by atoms with Crippen LogP contribution in [0.15, 0.2) is 60.9 Å². The Balaban J connectivity index is 1.75. The van der Waals surface area contributed by atoms with Crippen molar-refractivity contribution >= 4 is 34.4 Å². The van der Waals surface area contributed by atoms with E-state index >= 15 is 0 Å². The third-order valence-corrected chi connectivity index (χ3v) is 4.54. The van der Waals surface area contributed by atoms with E-state index in [0.29, 0.717) is 18.0 Å². The highest BCUT2D eigenvalue weighted by Gasteiger charge is 2.14. The molecule has 4 aromatic rings. The Hall–Kier alpha value is -3.38. The van der Waals surface area contributed by atoms with Crippen LogP contribution in [0.5, 0.6) is 0 Å². The second-order valence-electron chi connectivity index (χ2n) is 5.97. The Morgan fingerprint density at radius 2 is 2.07 bits per heavy atom. The lowest BCUT2D eigenvalue weighted by Crippen LogP contribution is -2.03. The van der Waals surface area contributed by atoms with Crippen LogP contribution in [0.4, 0.5) is 5.82 Å². The van der Waals surface area contributed by atoms with Crippen LogP contribution in [0.3, 0.4) is 0 Å². The molecule has 3 N–H and O–H groups in total. The fourth-order valence-electron chi connectivity index (χ4n) is 2.91. The maximum absolute atomic E-state index is 11.4. The molecule has 0 aliphatic carbocycles. The summed E-state index contributed by atoms with van der Waals surface area (Å²) in [6.07, 6.45) is 3.54. The molecule has 0 fully saturated rings. The fourth-order valence-corrected chi connectivity index (χ4v) is 3.11. The molecule has 3 heterocycles. The predicted octanol–water partition coefficient (Wildman–Crippen LogP) is 4.59. The molecule has 0 aliphatic heterocycles. The van der Waals surface area contributed by atoms with Gasteiger partial charge in [-0.05, 0) is 47.5 Å². The van der Waals surface area contributed by atoms with Crippen LogP contribution in [0.2, 0.25) is 5.02 Å². The molecule has 4 rings (SSSR count). The molecule has 6 nitrogen and oxygen atoms in total. The van der Waals surface area contributed by atoms with Gasteiger partial charge in [-0.3, -0.25) is 4.98 Å². The number of carboxylic acids is 1. The van der Waals surface area contributed by atoms with Crippen molar-refractivity contribution in [1.29, 1.82) is 0 Å². The third-order valence-electron chi connectivity index (χ3n) is 4.21. The van der Waals surface area contributed by atoms with E-state index in [1.54, 1.807) is 30.6 Å². The summed E-state index contributed by atoms with van der Waals surface area (Å²) in [6.45, 7) is 0.528. The summed E-state index contributed by atoms with van der Waals surface area (Å²) in [5, 5.41) is 13.7. The molecule has 0 bridgehead atoms. The van der Waals surface area contributed by atoms with Crippen molar-refractivity contribution in [3.8, 4) is 11.1 Å². The summed E-state index contributed by atoms with van der Waals surface area (Å²) < 4.78 is 0. The quantitative estimate of drug-likeness (QED) is 0.472. The van der Waals surface area contributed by atoms with Crippen molar-refractivity contribution in [1.82, 2.24) is 15.0 Å². The van der Waals surface area contributed by atoms with Gasteiger partial charge in [-0.1, -0.05) is 23.7 Å². The number of hydrogen-bond acceptors (Lipinski definition) is 4. The van der Waals surface area contributed by atoms with Crippen molar-refractivity contribution in [2.24, 2.45) is 0 Å². The highest BCUT2D eigenvalue weighted by molar-refractivity contribution is 6.33. The predicted molar refractivity (Wildman–Crippen MR) is 105 cm³/mol. The molecule has 0 aliphatic rings. The summed E-state index contributed by atoms with van der Waals surface area (Å²) in [6, 6.07) is 14.5. The van der Waals surface area contributed by atoms with Crippen LogP contribution in [-0.4, -0.2) is 26.0 Å². The zero-order valence-corrected chi connectivity index (χ0v) is 14.9. The SMILES string of the molecule is O=C(O)c1cc(-c2cc(NCc3ccccn3)nc3[nH]ccc23)ccc1Cl. The Kier molecular flexibility index (Phi) is 4.48. The first-order chi connectivity index (χ1) is 13.1. The zero-order chi connectivity index (χ0) is 18.8. The number of aromatic carboxylic acids is 1. The van der Waals surface area contributed by atoms with Crippen LogP contribution >= 0.6 is 11.6 Å². The van der Waals surface area contributed by atoms with E-state index in [9.17, 15) is 9.90 Å². The Labute approximate surface area is 159 Å². The molecule has 0 amide bonds. The van der Waals surface area contributed by atoms with Gasteiger partial charge >= 0.3 is 5.97 Å². The molecule has 0 atom stereocenters. The summed E-state index contributed by atoms with van der Waals surface area (Å²) in [4.78, 5) is 23.4. The molecular weight excluding hydrogens is 364 g/mol. The number of nitrogens with one attached hydrogen (secondary N) is 2. The number of nitrogens with zero attached hydrogens (tertiary/aromatic N) is 2. The van der Waals surface area contributed by atoms with Crippen molar-refractivity contribution in [2.45, 2.75) is 6.54 Å². The van der Waals surface area contributed by atoms with Gasteiger partial charge in [-0.2, -0.15) is 0 Å². The third kappa shape index (κ3) is 3.47. The minimum atomic E-state index is -1.06. The fraction of sp³-hybridized carbons (Fsp3) is 0.0500. The van der Waals surface area contributed by atoms with E-state index in [0.717, 1.165) is 22.2 Å². The van der Waals surface area contributed by atoms with Crippen molar-refractivity contribution in [3.63, 3.8) is 0 Å². The lowest BCUT2D eigenvalue weighted by molar-refractivity contribution is 0.0697. The smallest absolute Gasteiger partial charge is 0.337 e. The van der Waals surface area contributed by atoms with Crippen LogP contribution in [0.1, 0.15) is 16.1 Å². The summed E-state index contributed by atoms with van der Waals surface area (Å²) in [7, 11) is 0. The van der Waals surface area contributed by atoms with Crippen molar-refractivity contribution < 1.29 is 9.90 Å².